The predicted molar refractivity (Wildman–Crippen MR) is 100 cm³/mol. The maximum absolute atomic E-state index is 12.6. The van der Waals surface area contributed by atoms with Gasteiger partial charge in [-0.2, -0.15) is 5.26 Å². The Morgan fingerprint density at radius 2 is 1.42 bits per heavy atom. The summed E-state index contributed by atoms with van der Waals surface area (Å²) in [5.41, 5.74) is 4.05. The van der Waals surface area contributed by atoms with Gasteiger partial charge in [0.2, 0.25) is 0 Å². The van der Waals surface area contributed by atoms with Gasteiger partial charge in [-0.25, -0.2) is 4.79 Å². The van der Waals surface area contributed by atoms with Gasteiger partial charge in [-0.3, -0.25) is 0 Å². The molecular weight excluding hydrogens is 324 g/mol. The van der Waals surface area contributed by atoms with Crippen LogP contribution in [-0.2, 0) is 4.79 Å². The highest BCUT2D eigenvalue weighted by atomic mass is 16.5. The summed E-state index contributed by atoms with van der Waals surface area (Å²) in [5.74, 6) is -0.286. The molecule has 3 aromatic rings. The summed E-state index contributed by atoms with van der Waals surface area (Å²) < 4.78 is 5.36. The summed E-state index contributed by atoms with van der Waals surface area (Å²) in [6.45, 7) is 0. The normalized spacial score (nSPS) is 13.5. The zero-order valence-electron chi connectivity index (χ0n) is 13.8. The maximum Gasteiger partial charge on any atom is 0.356 e. The number of nitrogens with zero attached hydrogens (tertiary/aromatic N) is 1. The van der Waals surface area contributed by atoms with E-state index in [0.717, 1.165) is 22.4 Å². The Balaban J connectivity index is 1.82. The van der Waals surface area contributed by atoms with E-state index in [1.807, 2.05) is 60.7 Å². The second-order valence-corrected chi connectivity index (χ2v) is 5.78. The molecule has 0 fully saturated rings. The Labute approximate surface area is 151 Å². The van der Waals surface area contributed by atoms with Gasteiger partial charge in [-0.15, -0.1) is 0 Å². The summed E-state index contributed by atoms with van der Waals surface area (Å²) >= 11 is 0. The second-order valence-electron chi connectivity index (χ2n) is 5.78. The maximum atomic E-state index is 12.6. The molecule has 26 heavy (non-hydrogen) atoms. The number of rotatable bonds is 2. The first kappa shape index (κ1) is 15.7. The molecule has 0 radical (unpaired) electrons. The molecule has 0 aromatic heterocycles. The zero-order chi connectivity index (χ0) is 17.9. The third kappa shape index (κ3) is 2.72. The van der Waals surface area contributed by atoms with Gasteiger partial charge < -0.3 is 10.1 Å². The molecule has 0 aliphatic carbocycles. The lowest BCUT2D eigenvalue weighted by atomic mass is 9.91. The molecule has 0 spiro atoms. The number of benzene rings is 3. The van der Waals surface area contributed by atoms with E-state index in [4.69, 9.17) is 4.74 Å². The van der Waals surface area contributed by atoms with Crippen molar-refractivity contribution in [3.05, 3.63) is 90.0 Å². The van der Waals surface area contributed by atoms with E-state index >= 15 is 0 Å². The minimum atomic E-state index is -0.685. The van der Waals surface area contributed by atoms with Crippen molar-refractivity contribution in [1.82, 2.24) is 0 Å². The largest absolute Gasteiger partial charge is 0.422 e. The first-order valence-electron chi connectivity index (χ1n) is 8.15. The number of nitrogens with one attached hydrogen (secondary N) is 1. The first-order chi connectivity index (χ1) is 12.8. The standard InChI is InChI=1S/C22H14N2O2/c23-14-19(22(25)26-15-8-2-1-3-9-15)21-18-12-5-4-10-16(18)17-11-6-7-13-20(17)24-21/h1-13,24H/b21-19+. The number of carbonyl (C=O) groups excluding carboxylic acids is 1. The third-order valence-electron chi connectivity index (χ3n) is 4.19. The highest BCUT2D eigenvalue weighted by molar-refractivity contribution is 6.09. The lowest BCUT2D eigenvalue weighted by Gasteiger charge is -2.24. The van der Waals surface area contributed by atoms with Crippen molar-refractivity contribution in [3.63, 3.8) is 0 Å². The van der Waals surface area contributed by atoms with Gasteiger partial charge in [0.1, 0.15) is 11.8 Å². The minimum Gasteiger partial charge on any atom is -0.422 e. The molecule has 4 rings (SSSR count). The van der Waals surface area contributed by atoms with Crippen molar-refractivity contribution < 1.29 is 9.53 Å². The van der Waals surface area contributed by atoms with Crippen LogP contribution in [0.15, 0.2) is 84.4 Å². The molecule has 0 bridgehead atoms. The van der Waals surface area contributed by atoms with E-state index in [0.29, 0.717) is 11.4 Å². The van der Waals surface area contributed by atoms with Crippen LogP contribution >= 0.6 is 0 Å². The van der Waals surface area contributed by atoms with Gasteiger partial charge in [0.25, 0.3) is 0 Å². The Bertz CT molecular complexity index is 1060. The number of hydrogen-bond acceptors (Lipinski definition) is 4. The summed E-state index contributed by atoms with van der Waals surface area (Å²) in [5, 5.41) is 12.9. The van der Waals surface area contributed by atoms with Gasteiger partial charge in [-0.05, 0) is 23.8 Å². The Hall–Kier alpha value is -3.84. The van der Waals surface area contributed by atoms with E-state index in [2.05, 4.69) is 5.32 Å². The number of anilines is 1. The number of ether oxygens (including phenoxy) is 1. The van der Waals surface area contributed by atoms with Crippen LogP contribution in [0.5, 0.6) is 5.75 Å². The van der Waals surface area contributed by atoms with Crippen LogP contribution in [0.4, 0.5) is 5.69 Å². The lowest BCUT2D eigenvalue weighted by molar-refractivity contribution is -0.129. The molecule has 3 aromatic carbocycles. The third-order valence-corrected chi connectivity index (χ3v) is 4.19. The lowest BCUT2D eigenvalue weighted by Crippen LogP contribution is -2.17. The topological polar surface area (TPSA) is 62.1 Å². The van der Waals surface area contributed by atoms with Crippen LogP contribution in [0.3, 0.4) is 0 Å². The summed E-state index contributed by atoms with van der Waals surface area (Å²) in [4.78, 5) is 12.6. The molecule has 1 aliphatic rings. The molecule has 0 saturated carbocycles. The molecular formula is C22H14N2O2. The second kappa shape index (κ2) is 6.58. The average Bonchev–Trinajstić information content (AvgIpc) is 2.69. The number of hydrogen-bond donors (Lipinski definition) is 1. The molecule has 1 heterocycles. The van der Waals surface area contributed by atoms with Crippen molar-refractivity contribution in [2.75, 3.05) is 5.32 Å². The van der Waals surface area contributed by atoms with Crippen LogP contribution in [0, 0.1) is 11.3 Å². The fourth-order valence-corrected chi connectivity index (χ4v) is 3.01. The van der Waals surface area contributed by atoms with E-state index < -0.39 is 5.97 Å². The van der Waals surface area contributed by atoms with Gasteiger partial charge >= 0.3 is 5.97 Å². The van der Waals surface area contributed by atoms with Crippen LogP contribution in [0.2, 0.25) is 0 Å². The summed E-state index contributed by atoms with van der Waals surface area (Å²) in [6, 6.07) is 26.2. The molecule has 0 saturated heterocycles. The van der Waals surface area contributed by atoms with E-state index in [9.17, 15) is 10.1 Å². The minimum absolute atomic E-state index is 0.0594. The number of para-hydroxylation sites is 2. The number of nitriles is 1. The fraction of sp³-hybridized carbons (Fsp3) is 0. The highest BCUT2D eigenvalue weighted by Crippen LogP contribution is 2.40. The zero-order valence-corrected chi connectivity index (χ0v) is 13.8. The van der Waals surface area contributed by atoms with E-state index in [-0.39, 0.29) is 5.57 Å². The smallest absolute Gasteiger partial charge is 0.356 e. The Morgan fingerprint density at radius 1 is 0.808 bits per heavy atom. The highest BCUT2D eigenvalue weighted by Gasteiger charge is 2.25. The average molecular weight is 338 g/mol. The monoisotopic (exact) mass is 338 g/mol. The molecule has 4 nitrogen and oxygen atoms in total. The SMILES string of the molecule is N#C/C(C(=O)Oc1ccccc1)=C1\Nc2ccccc2-c2ccccc21. The molecule has 0 unspecified atom stereocenters. The molecule has 1 N–H and O–H groups in total. The van der Waals surface area contributed by atoms with Crippen molar-refractivity contribution in [1.29, 1.82) is 5.26 Å². The van der Waals surface area contributed by atoms with Crippen LogP contribution < -0.4 is 10.1 Å². The predicted octanol–water partition coefficient (Wildman–Crippen LogP) is 4.62. The van der Waals surface area contributed by atoms with Crippen molar-refractivity contribution >= 4 is 17.4 Å². The van der Waals surface area contributed by atoms with Gasteiger partial charge in [0, 0.05) is 16.8 Å². The van der Waals surface area contributed by atoms with E-state index in [1.54, 1.807) is 24.3 Å². The quantitative estimate of drug-likeness (QED) is 0.320. The fourth-order valence-electron chi connectivity index (χ4n) is 3.01. The number of carbonyl (C=O) groups is 1. The molecule has 4 heteroatoms. The van der Waals surface area contributed by atoms with Crippen molar-refractivity contribution in [3.8, 4) is 22.9 Å². The molecule has 124 valence electrons. The first-order valence-corrected chi connectivity index (χ1v) is 8.15. The van der Waals surface area contributed by atoms with Gasteiger partial charge in [-0.1, -0.05) is 60.7 Å². The Kier molecular flexibility index (Phi) is 3.97. The number of fused-ring (bicyclic) bond motifs is 3. The van der Waals surface area contributed by atoms with Crippen LogP contribution in [0.25, 0.3) is 16.8 Å². The summed E-state index contributed by atoms with van der Waals surface area (Å²) in [6.07, 6.45) is 0. The van der Waals surface area contributed by atoms with Crippen molar-refractivity contribution in [2.45, 2.75) is 0 Å². The Morgan fingerprint density at radius 3 is 2.15 bits per heavy atom. The van der Waals surface area contributed by atoms with Crippen LogP contribution in [-0.4, -0.2) is 5.97 Å². The van der Waals surface area contributed by atoms with Crippen molar-refractivity contribution in [2.24, 2.45) is 0 Å². The molecule has 0 atom stereocenters. The van der Waals surface area contributed by atoms with Crippen LogP contribution in [0.1, 0.15) is 5.56 Å². The van der Waals surface area contributed by atoms with Gasteiger partial charge in [0.15, 0.2) is 5.57 Å². The molecule has 1 aliphatic heterocycles. The van der Waals surface area contributed by atoms with E-state index in [1.165, 1.54) is 0 Å². The number of esters is 1. The summed E-state index contributed by atoms with van der Waals surface area (Å²) in [7, 11) is 0. The molecule has 0 amide bonds. The van der Waals surface area contributed by atoms with Gasteiger partial charge in [0.05, 0.1) is 5.70 Å².